The molecule has 9 heteroatoms. The fraction of sp³-hybridized carbons (Fsp3) is 0.188. The predicted molar refractivity (Wildman–Crippen MR) is 97.5 cm³/mol. The van der Waals surface area contributed by atoms with Crippen molar-refractivity contribution in [2.24, 2.45) is 0 Å². The van der Waals surface area contributed by atoms with Crippen LogP contribution < -0.4 is 10.1 Å². The molecule has 2 heterocycles. The number of benzene rings is 1. The van der Waals surface area contributed by atoms with Crippen LogP contribution in [0.2, 0.25) is 0 Å². The quantitative estimate of drug-likeness (QED) is 0.525. The Morgan fingerprint density at radius 1 is 1.24 bits per heavy atom. The highest BCUT2D eigenvalue weighted by atomic mass is 32.2. The van der Waals surface area contributed by atoms with Crippen LogP contribution in [0, 0.1) is 0 Å². The highest BCUT2D eigenvalue weighted by Crippen LogP contribution is 2.24. The Labute approximate surface area is 152 Å². The van der Waals surface area contributed by atoms with Gasteiger partial charge in [0.25, 0.3) is 5.91 Å². The molecule has 3 aromatic rings. The van der Waals surface area contributed by atoms with Crippen molar-refractivity contribution < 1.29 is 9.53 Å². The number of aromatic nitrogens is 4. The van der Waals surface area contributed by atoms with E-state index < -0.39 is 0 Å². The minimum atomic E-state index is -0.312. The number of para-hydroxylation sites is 1. The Hall–Kier alpha value is -2.52. The highest BCUT2D eigenvalue weighted by molar-refractivity contribution is 7.98. The molecule has 25 heavy (non-hydrogen) atoms. The normalized spacial score (nSPS) is 10.5. The van der Waals surface area contributed by atoms with Crippen LogP contribution >= 0.6 is 23.1 Å². The molecule has 3 rings (SSSR count). The van der Waals surface area contributed by atoms with E-state index in [4.69, 9.17) is 4.74 Å². The minimum absolute atomic E-state index is 0.312. The van der Waals surface area contributed by atoms with Gasteiger partial charge in [-0.25, -0.2) is 9.97 Å². The van der Waals surface area contributed by atoms with Gasteiger partial charge in [-0.05, 0) is 12.3 Å². The van der Waals surface area contributed by atoms with E-state index in [2.05, 4.69) is 25.5 Å². The molecule has 0 radical (unpaired) electrons. The van der Waals surface area contributed by atoms with Gasteiger partial charge in [0.1, 0.15) is 10.8 Å². The second-order valence-electron chi connectivity index (χ2n) is 4.90. The number of thioether (sulfide) groups is 1. The summed E-state index contributed by atoms with van der Waals surface area (Å²) in [5, 5.41) is 12.7. The van der Waals surface area contributed by atoms with Crippen molar-refractivity contribution in [3.63, 3.8) is 0 Å². The van der Waals surface area contributed by atoms with Gasteiger partial charge in [-0.15, -0.1) is 10.2 Å². The molecular formula is C16H15N5O2S2. The zero-order valence-corrected chi connectivity index (χ0v) is 15.2. The summed E-state index contributed by atoms with van der Waals surface area (Å²) in [5.74, 6) is 0.488. The number of rotatable bonds is 6. The van der Waals surface area contributed by atoms with Gasteiger partial charge in [-0.3, -0.25) is 10.1 Å². The van der Waals surface area contributed by atoms with Crippen molar-refractivity contribution in [1.82, 2.24) is 20.2 Å². The monoisotopic (exact) mass is 373 g/mol. The maximum atomic E-state index is 12.2. The van der Waals surface area contributed by atoms with E-state index in [-0.39, 0.29) is 5.91 Å². The smallest absolute Gasteiger partial charge is 0.260 e. The molecule has 0 unspecified atom stereocenters. The van der Waals surface area contributed by atoms with Crippen molar-refractivity contribution >= 4 is 34.1 Å². The van der Waals surface area contributed by atoms with E-state index in [0.29, 0.717) is 22.3 Å². The first-order chi connectivity index (χ1) is 12.2. The highest BCUT2D eigenvalue weighted by Gasteiger charge is 2.12. The first-order valence-corrected chi connectivity index (χ1v) is 9.35. The Balaban J connectivity index is 1.67. The molecule has 1 aromatic carbocycles. The second-order valence-corrected chi connectivity index (χ2v) is 6.74. The lowest BCUT2D eigenvalue weighted by Gasteiger charge is -2.05. The number of anilines is 1. The summed E-state index contributed by atoms with van der Waals surface area (Å²) in [7, 11) is 1.63. The van der Waals surface area contributed by atoms with Gasteiger partial charge < -0.3 is 4.74 Å². The van der Waals surface area contributed by atoms with Gasteiger partial charge in [-0.2, -0.15) is 0 Å². The van der Waals surface area contributed by atoms with E-state index in [1.54, 1.807) is 7.11 Å². The van der Waals surface area contributed by atoms with Crippen molar-refractivity contribution in [3.8, 4) is 5.75 Å². The zero-order valence-electron chi connectivity index (χ0n) is 13.6. The molecule has 0 aliphatic carbocycles. The van der Waals surface area contributed by atoms with Crippen molar-refractivity contribution in [2.75, 3.05) is 18.7 Å². The van der Waals surface area contributed by atoms with Gasteiger partial charge >= 0.3 is 0 Å². The number of carbonyl (C=O) groups is 1. The summed E-state index contributed by atoms with van der Waals surface area (Å²) in [5.41, 5.74) is 1.39. The molecule has 128 valence electrons. The molecule has 0 bridgehead atoms. The van der Waals surface area contributed by atoms with Gasteiger partial charge in [0.15, 0.2) is 5.16 Å². The number of methoxy groups -OCH3 is 1. The SMILES string of the molecule is COc1ccccc1Cc1nnc(NC(=O)c2cnc(SC)nc2)s1. The summed E-state index contributed by atoms with van der Waals surface area (Å²) in [6.45, 7) is 0. The maximum Gasteiger partial charge on any atom is 0.260 e. The molecule has 0 spiro atoms. The molecule has 2 aromatic heterocycles. The molecule has 0 aliphatic rings. The number of nitrogens with one attached hydrogen (secondary N) is 1. The van der Waals surface area contributed by atoms with Crippen LogP contribution in [0.5, 0.6) is 5.75 Å². The summed E-state index contributed by atoms with van der Waals surface area (Å²) in [6.07, 6.45) is 5.44. The summed E-state index contributed by atoms with van der Waals surface area (Å²) in [4.78, 5) is 20.4. The van der Waals surface area contributed by atoms with Crippen LogP contribution in [0.25, 0.3) is 0 Å². The number of hydrogen-bond donors (Lipinski definition) is 1. The Kier molecular flexibility index (Phi) is 5.56. The third kappa shape index (κ3) is 4.31. The van der Waals surface area contributed by atoms with Gasteiger partial charge in [0.05, 0.1) is 12.7 Å². The third-order valence-electron chi connectivity index (χ3n) is 3.29. The van der Waals surface area contributed by atoms with Crippen LogP contribution in [-0.2, 0) is 6.42 Å². The molecule has 1 N–H and O–H groups in total. The Morgan fingerprint density at radius 3 is 2.72 bits per heavy atom. The lowest BCUT2D eigenvalue weighted by Crippen LogP contribution is -2.12. The zero-order chi connectivity index (χ0) is 17.6. The van der Waals surface area contributed by atoms with Crippen molar-refractivity contribution in [3.05, 3.63) is 52.8 Å². The molecule has 0 saturated heterocycles. The number of amides is 1. The van der Waals surface area contributed by atoms with Crippen LogP contribution in [0.4, 0.5) is 5.13 Å². The van der Waals surface area contributed by atoms with E-state index in [0.717, 1.165) is 16.3 Å². The van der Waals surface area contributed by atoms with Crippen LogP contribution in [0.1, 0.15) is 20.9 Å². The number of nitrogens with zero attached hydrogens (tertiary/aromatic N) is 4. The largest absolute Gasteiger partial charge is 0.496 e. The summed E-state index contributed by atoms with van der Waals surface area (Å²) < 4.78 is 5.34. The van der Waals surface area contributed by atoms with Crippen molar-refractivity contribution in [2.45, 2.75) is 11.6 Å². The number of hydrogen-bond acceptors (Lipinski definition) is 8. The molecule has 0 atom stereocenters. The van der Waals surface area contributed by atoms with Crippen LogP contribution in [0.3, 0.4) is 0 Å². The molecular weight excluding hydrogens is 358 g/mol. The predicted octanol–water partition coefficient (Wildman–Crippen LogP) is 2.90. The van der Waals surface area contributed by atoms with Crippen molar-refractivity contribution in [1.29, 1.82) is 0 Å². The summed E-state index contributed by atoms with van der Waals surface area (Å²) in [6, 6.07) is 7.73. The van der Waals surface area contributed by atoms with Crippen LogP contribution in [-0.4, -0.2) is 39.4 Å². The molecule has 0 fully saturated rings. The fourth-order valence-corrected chi connectivity index (χ4v) is 3.17. The first-order valence-electron chi connectivity index (χ1n) is 7.31. The lowest BCUT2D eigenvalue weighted by atomic mass is 10.1. The average Bonchev–Trinajstić information content (AvgIpc) is 3.09. The standard InChI is InChI=1S/C16H15N5O2S2/c1-23-12-6-4-3-5-10(12)7-13-20-21-16(25-13)19-14(22)11-8-17-15(24-2)18-9-11/h3-6,8-9H,7H2,1-2H3,(H,19,21,22). The third-order valence-corrected chi connectivity index (χ3v) is 4.71. The Bertz CT molecular complexity index is 867. The number of ether oxygens (including phenoxy) is 1. The second kappa shape index (κ2) is 8.04. The molecule has 1 amide bonds. The Morgan fingerprint density at radius 2 is 2.00 bits per heavy atom. The van der Waals surface area contributed by atoms with E-state index in [9.17, 15) is 4.79 Å². The minimum Gasteiger partial charge on any atom is -0.496 e. The molecule has 0 saturated carbocycles. The summed E-state index contributed by atoms with van der Waals surface area (Å²) >= 11 is 2.74. The topological polar surface area (TPSA) is 89.9 Å². The van der Waals surface area contributed by atoms with Gasteiger partial charge in [0, 0.05) is 24.4 Å². The average molecular weight is 373 g/mol. The first kappa shape index (κ1) is 17.3. The van der Waals surface area contributed by atoms with E-state index in [1.807, 2.05) is 30.5 Å². The van der Waals surface area contributed by atoms with Crippen LogP contribution in [0.15, 0.2) is 41.8 Å². The van der Waals surface area contributed by atoms with E-state index in [1.165, 1.54) is 35.5 Å². The number of carbonyl (C=O) groups excluding carboxylic acids is 1. The molecule has 0 aliphatic heterocycles. The van der Waals surface area contributed by atoms with E-state index >= 15 is 0 Å². The lowest BCUT2D eigenvalue weighted by molar-refractivity contribution is 0.102. The molecule has 7 nitrogen and oxygen atoms in total. The van der Waals surface area contributed by atoms with Gasteiger partial charge in [0.2, 0.25) is 5.13 Å². The fourth-order valence-electron chi connectivity index (χ4n) is 2.10. The van der Waals surface area contributed by atoms with Gasteiger partial charge in [-0.1, -0.05) is 41.3 Å². The maximum absolute atomic E-state index is 12.2.